The van der Waals surface area contributed by atoms with Crippen molar-refractivity contribution in [1.29, 1.82) is 0 Å². The predicted octanol–water partition coefficient (Wildman–Crippen LogP) is 4.63. The summed E-state index contributed by atoms with van der Waals surface area (Å²) in [6.45, 7) is 9.73. The summed E-state index contributed by atoms with van der Waals surface area (Å²) in [6.07, 6.45) is 9.32. The van der Waals surface area contributed by atoms with Gasteiger partial charge in [0.1, 0.15) is 0 Å². The number of rotatable bonds is 7. The third kappa shape index (κ3) is 4.72. The van der Waals surface area contributed by atoms with Crippen LogP contribution in [-0.4, -0.2) is 21.3 Å². The molecule has 102 valence electrons. The van der Waals surface area contributed by atoms with Crippen LogP contribution in [0.5, 0.6) is 0 Å². The fraction of sp³-hybridized carbons (Fsp3) is 1.00. The average Bonchev–Trinajstić information content (AvgIpc) is 2.37. The monoisotopic (exact) mass is 258 g/mol. The third-order valence-corrected chi connectivity index (χ3v) is 7.66. The molecule has 0 aliphatic heterocycles. The van der Waals surface area contributed by atoms with E-state index in [2.05, 4.69) is 27.3 Å². The Morgan fingerprint density at radius 2 is 1.82 bits per heavy atom. The highest BCUT2D eigenvalue weighted by Gasteiger charge is 2.42. The third-order valence-electron chi connectivity index (χ3n) is 3.95. The Balaban J connectivity index is 2.61. The van der Waals surface area contributed by atoms with E-state index < -0.39 is 8.56 Å². The van der Waals surface area contributed by atoms with Gasteiger partial charge in [0.05, 0.1) is 0 Å². The molecule has 1 rings (SSSR count). The smallest absolute Gasteiger partial charge is 0.338 e. The lowest BCUT2D eigenvalue weighted by Crippen LogP contribution is -2.47. The molecule has 3 heteroatoms. The maximum absolute atomic E-state index is 6.35. The Morgan fingerprint density at radius 3 is 2.35 bits per heavy atom. The van der Waals surface area contributed by atoms with Gasteiger partial charge in [0.2, 0.25) is 0 Å². The van der Waals surface area contributed by atoms with Crippen LogP contribution >= 0.6 is 0 Å². The second kappa shape index (κ2) is 7.55. The molecule has 0 radical (unpaired) electrons. The lowest BCUT2D eigenvalue weighted by Gasteiger charge is -2.38. The first-order chi connectivity index (χ1) is 8.12. The molecule has 1 saturated carbocycles. The van der Waals surface area contributed by atoms with Gasteiger partial charge in [-0.15, -0.1) is 0 Å². The molecule has 1 aliphatic rings. The molecule has 17 heavy (non-hydrogen) atoms. The fourth-order valence-electron chi connectivity index (χ4n) is 2.66. The molecule has 1 aliphatic carbocycles. The van der Waals surface area contributed by atoms with Crippen molar-refractivity contribution in [3.63, 3.8) is 0 Å². The van der Waals surface area contributed by atoms with Crippen molar-refractivity contribution in [3.05, 3.63) is 0 Å². The molecule has 0 aromatic rings. The van der Waals surface area contributed by atoms with Crippen LogP contribution in [0.25, 0.3) is 0 Å². The SMILES string of the molecule is CCCO[Si](C)(OC(C)CC)C1CCCCC1. The van der Waals surface area contributed by atoms with Crippen LogP contribution in [0, 0.1) is 0 Å². The minimum absolute atomic E-state index is 0.352. The molecule has 2 nitrogen and oxygen atoms in total. The first-order valence-electron chi connectivity index (χ1n) is 7.44. The van der Waals surface area contributed by atoms with E-state index in [1.165, 1.54) is 32.1 Å². The van der Waals surface area contributed by atoms with Gasteiger partial charge >= 0.3 is 8.56 Å². The summed E-state index contributed by atoms with van der Waals surface area (Å²) in [5.74, 6) is 0. The fourth-order valence-corrected chi connectivity index (χ4v) is 6.19. The normalized spacial score (nSPS) is 23.3. The Hall–Kier alpha value is 0.137. The van der Waals surface area contributed by atoms with Crippen molar-refractivity contribution < 1.29 is 8.85 Å². The number of hydrogen-bond acceptors (Lipinski definition) is 2. The molecule has 0 bridgehead atoms. The Morgan fingerprint density at radius 1 is 1.18 bits per heavy atom. The summed E-state index contributed by atoms with van der Waals surface area (Å²) in [4.78, 5) is 0. The lowest BCUT2D eigenvalue weighted by atomic mass is 10.0. The van der Waals surface area contributed by atoms with Crippen LogP contribution in [0.3, 0.4) is 0 Å². The summed E-state index contributed by atoms with van der Waals surface area (Å²) in [7, 11) is -1.95. The van der Waals surface area contributed by atoms with E-state index in [1.54, 1.807) is 0 Å². The second-order valence-corrected chi connectivity index (χ2v) is 8.91. The van der Waals surface area contributed by atoms with E-state index in [4.69, 9.17) is 8.85 Å². The van der Waals surface area contributed by atoms with Gasteiger partial charge in [-0.25, -0.2) is 0 Å². The van der Waals surface area contributed by atoms with Crippen molar-refractivity contribution in [2.75, 3.05) is 6.61 Å². The van der Waals surface area contributed by atoms with E-state index >= 15 is 0 Å². The molecule has 2 atom stereocenters. The molecular weight excluding hydrogens is 228 g/mol. The van der Waals surface area contributed by atoms with Gasteiger partial charge in [0.15, 0.2) is 0 Å². The van der Waals surface area contributed by atoms with Crippen LogP contribution in [0.4, 0.5) is 0 Å². The molecule has 2 unspecified atom stereocenters. The first kappa shape index (κ1) is 15.2. The van der Waals surface area contributed by atoms with Gasteiger partial charge < -0.3 is 8.85 Å². The van der Waals surface area contributed by atoms with Crippen molar-refractivity contribution in [2.24, 2.45) is 0 Å². The quantitative estimate of drug-likeness (QED) is 0.620. The van der Waals surface area contributed by atoms with Gasteiger partial charge in [-0.3, -0.25) is 0 Å². The summed E-state index contributed by atoms with van der Waals surface area (Å²) >= 11 is 0. The molecule has 0 saturated heterocycles. The van der Waals surface area contributed by atoms with Crippen molar-refractivity contribution in [2.45, 2.75) is 83.9 Å². The van der Waals surface area contributed by atoms with Crippen molar-refractivity contribution >= 4 is 8.56 Å². The van der Waals surface area contributed by atoms with Gasteiger partial charge in [-0.05, 0) is 39.2 Å². The Bertz CT molecular complexity index is 204. The highest BCUT2D eigenvalue weighted by molar-refractivity contribution is 6.67. The van der Waals surface area contributed by atoms with Gasteiger partial charge in [0.25, 0.3) is 0 Å². The average molecular weight is 258 g/mol. The van der Waals surface area contributed by atoms with Gasteiger partial charge in [-0.1, -0.05) is 33.1 Å². The molecule has 0 aromatic carbocycles. The minimum atomic E-state index is -1.95. The molecule has 0 spiro atoms. The highest BCUT2D eigenvalue weighted by atomic mass is 28.4. The van der Waals surface area contributed by atoms with Crippen LogP contribution in [0.15, 0.2) is 0 Å². The maximum Gasteiger partial charge on any atom is 0.338 e. The zero-order valence-corrected chi connectivity index (χ0v) is 13.1. The van der Waals surface area contributed by atoms with E-state index in [1.807, 2.05) is 0 Å². The second-order valence-electron chi connectivity index (χ2n) is 5.54. The molecule has 1 fully saturated rings. The van der Waals surface area contributed by atoms with Gasteiger partial charge in [-0.2, -0.15) is 0 Å². The Labute approximate surface area is 108 Å². The lowest BCUT2D eigenvalue weighted by molar-refractivity contribution is 0.111. The van der Waals surface area contributed by atoms with E-state index in [-0.39, 0.29) is 0 Å². The standard InChI is InChI=1S/C14H30O2Si/c1-5-12-15-17(4,16-13(3)6-2)14-10-8-7-9-11-14/h13-14H,5-12H2,1-4H3. The summed E-state index contributed by atoms with van der Waals surface area (Å²) in [5.41, 5.74) is 0.719. The molecule has 0 heterocycles. The summed E-state index contributed by atoms with van der Waals surface area (Å²) in [5, 5.41) is 0. The molecule has 0 N–H and O–H groups in total. The zero-order valence-electron chi connectivity index (χ0n) is 12.1. The van der Waals surface area contributed by atoms with Gasteiger partial charge in [0, 0.05) is 18.3 Å². The van der Waals surface area contributed by atoms with Crippen molar-refractivity contribution in [3.8, 4) is 0 Å². The van der Waals surface area contributed by atoms with Crippen LogP contribution in [0.2, 0.25) is 12.1 Å². The zero-order chi connectivity index (χ0) is 12.7. The van der Waals surface area contributed by atoms with Crippen LogP contribution in [-0.2, 0) is 8.85 Å². The van der Waals surface area contributed by atoms with Crippen molar-refractivity contribution in [1.82, 2.24) is 0 Å². The molecular formula is C14H30O2Si. The minimum Gasteiger partial charge on any atom is -0.394 e. The summed E-state index contributed by atoms with van der Waals surface area (Å²) < 4.78 is 12.6. The predicted molar refractivity (Wildman–Crippen MR) is 75.5 cm³/mol. The Kier molecular flexibility index (Phi) is 6.74. The molecule has 0 aromatic heterocycles. The van der Waals surface area contributed by atoms with Crippen LogP contribution in [0.1, 0.15) is 65.7 Å². The van der Waals surface area contributed by atoms with Crippen LogP contribution < -0.4 is 0 Å². The summed E-state index contributed by atoms with van der Waals surface area (Å²) in [6, 6.07) is 0. The topological polar surface area (TPSA) is 18.5 Å². The highest BCUT2D eigenvalue weighted by Crippen LogP contribution is 2.38. The van der Waals surface area contributed by atoms with E-state index in [9.17, 15) is 0 Å². The van der Waals surface area contributed by atoms with E-state index in [0.29, 0.717) is 6.10 Å². The molecule has 0 amide bonds. The number of hydrogen-bond donors (Lipinski definition) is 0. The maximum atomic E-state index is 6.35. The van der Waals surface area contributed by atoms with E-state index in [0.717, 1.165) is 25.0 Å². The first-order valence-corrected chi connectivity index (χ1v) is 9.83. The largest absolute Gasteiger partial charge is 0.394 e.